The van der Waals surface area contributed by atoms with Crippen molar-refractivity contribution in [3.05, 3.63) is 81.9 Å². The highest BCUT2D eigenvalue weighted by Crippen LogP contribution is 2.35. The van der Waals surface area contributed by atoms with Crippen molar-refractivity contribution in [2.24, 2.45) is 0 Å². The van der Waals surface area contributed by atoms with Crippen LogP contribution in [0.4, 0.5) is 0 Å². The molecule has 0 aliphatic heterocycles. The molecule has 3 aromatic carbocycles. The minimum absolute atomic E-state index is 0.219. The number of methoxy groups -OCH3 is 3. The van der Waals surface area contributed by atoms with E-state index >= 15 is 0 Å². The molecule has 0 atom stereocenters. The highest BCUT2D eigenvalue weighted by Gasteiger charge is 2.20. The van der Waals surface area contributed by atoms with Crippen LogP contribution in [0.5, 0.6) is 23.0 Å². The first kappa shape index (κ1) is 22.9. The van der Waals surface area contributed by atoms with Crippen molar-refractivity contribution in [2.75, 3.05) is 21.3 Å². The quantitative estimate of drug-likeness (QED) is 0.360. The van der Waals surface area contributed by atoms with Crippen molar-refractivity contribution in [1.29, 1.82) is 0 Å². The summed E-state index contributed by atoms with van der Waals surface area (Å²) < 4.78 is 27.3. The van der Waals surface area contributed by atoms with Gasteiger partial charge in [0.25, 0.3) is 0 Å². The van der Waals surface area contributed by atoms with Gasteiger partial charge in [0.1, 0.15) is 23.0 Å². The van der Waals surface area contributed by atoms with Gasteiger partial charge in [-0.1, -0.05) is 12.1 Å². The van der Waals surface area contributed by atoms with Crippen LogP contribution in [-0.4, -0.2) is 27.3 Å². The van der Waals surface area contributed by atoms with E-state index in [4.69, 9.17) is 23.4 Å². The predicted molar refractivity (Wildman–Crippen MR) is 128 cm³/mol. The van der Waals surface area contributed by atoms with E-state index in [-0.39, 0.29) is 16.7 Å². The molecule has 7 heteroatoms. The van der Waals surface area contributed by atoms with Crippen LogP contribution in [0.2, 0.25) is 0 Å². The average molecular weight is 460 g/mol. The van der Waals surface area contributed by atoms with Gasteiger partial charge in [-0.3, -0.25) is 4.79 Å². The molecule has 0 saturated heterocycles. The maximum atomic E-state index is 13.1. The SMILES string of the molecule is COc1ccc(-c2cc(OC(=O)c3ccc(OC)c(OC)c3)c3c(C)oc(C)c3c(=O)c2)cc1. The van der Waals surface area contributed by atoms with Crippen molar-refractivity contribution in [3.63, 3.8) is 0 Å². The largest absolute Gasteiger partial charge is 0.497 e. The monoisotopic (exact) mass is 460 g/mol. The summed E-state index contributed by atoms with van der Waals surface area (Å²) in [6.45, 7) is 3.44. The Kier molecular flexibility index (Phi) is 6.27. The Morgan fingerprint density at radius 2 is 1.38 bits per heavy atom. The number of rotatable bonds is 6. The van der Waals surface area contributed by atoms with Crippen molar-refractivity contribution in [2.45, 2.75) is 13.8 Å². The number of benzene rings is 2. The molecule has 0 N–H and O–H groups in total. The molecule has 0 radical (unpaired) electrons. The third kappa shape index (κ3) is 4.20. The zero-order valence-corrected chi connectivity index (χ0v) is 19.6. The molecule has 0 unspecified atom stereocenters. The van der Waals surface area contributed by atoms with E-state index in [9.17, 15) is 9.59 Å². The zero-order chi connectivity index (χ0) is 24.4. The Hall–Kier alpha value is -4.26. The highest BCUT2D eigenvalue weighted by atomic mass is 16.5. The lowest BCUT2D eigenvalue weighted by atomic mass is 10.1. The van der Waals surface area contributed by atoms with Crippen LogP contribution >= 0.6 is 0 Å². The number of fused-ring (bicyclic) bond motifs is 1. The first-order valence-corrected chi connectivity index (χ1v) is 10.5. The van der Waals surface area contributed by atoms with Gasteiger partial charge >= 0.3 is 5.97 Å². The topological polar surface area (TPSA) is 84.2 Å². The van der Waals surface area contributed by atoms with Crippen molar-refractivity contribution in [3.8, 4) is 34.1 Å². The Labute approximate surface area is 196 Å². The summed E-state index contributed by atoms with van der Waals surface area (Å²) in [5.41, 5.74) is 1.40. The second-order valence-electron chi connectivity index (χ2n) is 7.62. The highest BCUT2D eigenvalue weighted by molar-refractivity contribution is 5.98. The molecule has 4 rings (SSSR count). The van der Waals surface area contributed by atoms with Crippen LogP contribution in [-0.2, 0) is 0 Å². The van der Waals surface area contributed by atoms with E-state index in [1.165, 1.54) is 26.4 Å². The normalized spacial score (nSPS) is 10.7. The van der Waals surface area contributed by atoms with Crippen LogP contribution in [0.15, 0.2) is 63.8 Å². The van der Waals surface area contributed by atoms with Gasteiger partial charge in [-0.25, -0.2) is 4.79 Å². The Morgan fingerprint density at radius 3 is 2.03 bits per heavy atom. The number of ether oxygens (including phenoxy) is 4. The summed E-state index contributed by atoms with van der Waals surface area (Å²) in [5.74, 6) is 2.13. The van der Waals surface area contributed by atoms with Gasteiger partial charge in [0.05, 0.1) is 37.7 Å². The summed E-state index contributed by atoms with van der Waals surface area (Å²) >= 11 is 0. The predicted octanol–water partition coefficient (Wildman–Crippen LogP) is 5.32. The maximum absolute atomic E-state index is 13.1. The van der Waals surface area contributed by atoms with Gasteiger partial charge in [-0.05, 0) is 67.4 Å². The number of hydrogen-bond donors (Lipinski definition) is 0. The van der Waals surface area contributed by atoms with Crippen LogP contribution in [0.3, 0.4) is 0 Å². The molecule has 34 heavy (non-hydrogen) atoms. The molecule has 0 fully saturated rings. The minimum atomic E-state index is -0.611. The third-order valence-corrected chi connectivity index (χ3v) is 5.57. The lowest BCUT2D eigenvalue weighted by molar-refractivity contribution is 0.0736. The van der Waals surface area contributed by atoms with E-state index in [0.717, 1.165) is 5.56 Å². The van der Waals surface area contributed by atoms with Crippen LogP contribution in [0.1, 0.15) is 21.9 Å². The molecule has 0 bridgehead atoms. The van der Waals surface area contributed by atoms with Crippen molar-refractivity contribution >= 4 is 16.7 Å². The molecule has 174 valence electrons. The minimum Gasteiger partial charge on any atom is -0.497 e. The Bertz CT molecular complexity index is 1430. The van der Waals surface area contributed by atoms with Gasteiger partial charge in [-0.15, -0.1) is 0 Å². The fraction of sp³-hybridized carbons (Fsp3) is 0.185. The second-order valence-corrected chi connectivity index (χ2v) is 7.62. The number of hydrogen-bond acceptors (Lipinski definition) is 7. The Balaban J connectivity index is 1.87. The summed E-state index contributed by atoms with van der Waals surface area (Å²) in [5, 5.41) is 0.823. The summed E-state index contributed by atoms with van der Waals surface area (Å²) in [7, 11) is 4.59. The molecule has 0 aliphatic carbocycles. The zero-order valence-electron chi connectivity index (χ0n) is 19.6. The van der Waals surface area contributed by atoms with Gasteiger partial charge in [-0.2, -0.15) is 0 Å². The fourth-order valence-electron chi connectivity index (χ4n) is 3.90. The van der Waals surface area contributed by atoms with E-state index in [0.29, 0.717) is 45.1 Å². The molecular formula is C27H24O7. The summed E-state index contributed by atoms with van der Waals surface area (Å²) in [4.78, 5) is 26.3. The molecule has 0 amide bonds. The number of aryl methyl sites for hydroxylation is 2. The average Bonchev–Trinajstić information content (AvgIpc) is 3.06. The first-order valence-electron chi connectivity index (χ1n) is 10.5. The fourth-order valence-corrected chi connectivity index (χ4v) is 3.90. The molecule has 1 aromatic heterocycles. The molecule has 1 heterocycles. The number of carbonyl (C=O) groups excluding carboxylic acids is 1. The molecular weight excluding hydrogens is 436 g/mol. The molecule has 4 aromatic rings. The van der Waals surface area contributed by atoms with E-state index in [1.807, 2.05) is 12.1 Å². The smallest absolute Gasteiger partial charge is 0.343 e. The van der Waals surface area contributed by atoms with E-state index in [2.05, 4.69) is 0 Å². The molecule has 0 saturated carbocycles. The second kappa shape index (κ2) is 9.31. The van der Waals surface area contributed by atoms with Crippen LogP contribution < -0.4 is 24.4 Å². The van der Waals surface area contributed by atoms with Gasteiger partial charge in [0.15, 0.2) is 16.9 Å². The van der Waals surface area contributed by atoms with E-state index in [1.54, 1.807) is 51.3 Å². The summed E-state index contributed by atoms with van der Waals surface area (Å²) in [6.07, 6.45) is 0. The van der Waals surface area contributed by atoms with Crippen molar-refractivity contribution in [1.82, 2.24) is 0 Å². The standard InChI is InChI=1S/C27H24O7/c1-15-25-21(28)12-19(17-6-9-20(30-3)10-7-17)14-24(26(25)16(2)33-15)34-27(29)18-8-11-22(31-4)23(13-18)32-5/h6-14H,1-5H3. The van der Waals surface area contributed by atoms with Gasteiger partial charge in [0, 0.05) is 0 Å². The molecule has 7 nitrogen and oxygen atoms in total. The number of esters is 1. The number of carbonyl (C=O) groups is 1. The molecule has 0 spiro atoms. The van der Waals surface area contributed by atoms with E-state index < -0.39 is 5.97 Å². The third-order valence-electron chi connectivity index (χ3n) is 5.57. The Morgan fingerprint density at radius 1 is 0.706 bits per heavy atom. The number of furan rings is 1. The van der Waals surface area contributed by atoms with Crippen molar-refractivity contribution < 1.29 is 28.2 Å². The van der Waals surface area contributed by atoms with Gasteiger partial charge in [0.2, 0.25) is 0 Å². The van der Waals surface area contributed by atoms with Gasteiger partial charge < -0.3 is 23.4 Å². The molecule has 0 aliphatic rings. The lowest BCUT2D eigenvalue weighted by Gasteiger charge is -2.10. The lowest BCUT2D eigenvalue weighted by Crippen LogP contribution is -2.09. The maximum Gasteiger partial charge on any atom is 0.343 e. The van der Waals surface area contributed by atoms with Crippen LogP contribution in [0.25, 0.3) is 21.9 Å². The summed E-state index contributed by atoms with van der Waals surface area (Å²) in [6, 6.07) is 15.2. The first-order chi connectivity index (χ1) is 16.4. The van der Waals surface area contributed by atoms with Crippen LogP contribution in [0, 0.1) is 13.8 Å².